The summed E-state index contributed by atoms with van der Waals surface area (Å²) < 4.78 is 17.5. The van der Waals surface area contributed by atoms with Crippen molar-refractivity contribution >= 4 is 13.8 Å². The molecule has 0 aromatic carbocycles. The van der Waals surface area contributed by atoms with Gasteiger partial charge < -0.3 is 10.6 Å². The molecule has 0 bridgehead atoms. The van der Waals surface area contributed by atoms with Gasteiger partial charge in [0.15, 0.2) is 0 Å². The van der Waals surface area contributed by atoms with Crippen molar-refractivity contribution in [2.75, 3.05) is 0 Å². The maximum absolute atomic E-state index is 10.3. The maximum atomic E-state index is 10.3. The van der Waals surface area contributed by atoms with Crippen molar-refractivity contribution in [1.29, 1.82) is 5.41 Å². The molecule has 1 atom stereocenters. The lowest BCUT2D eigenvalue weighted by Gasteiger charge is -2.06. The number of nitrogens with one attached hydrogen (secondary N) is 2. The molecule has 0 spiro atoms. The zero-order chi connectivity index (χ0) is 8.20. The third-order valence-corrected chi connectivity index (χ3v) is 0.993. The Bertz CT molecular complexity index is 169. The molecule has 60 valence electrons. The van der Waals surface area contributed by atoms with Gasteiger partial charge in [-0.2, -0.15) is 9.25 Å². The number of phosphoric acid groups is 1. The molecule has 0 heterocycles. The Morgan fingerprint density at radius 2 is 2.30 bits per heavy atom. The lowest BCUT2D eigenvalue weighted by molar-refractivity contribution is 0.125. The van der Waals surface area contributed by atoms with Crippen LogP contribution >= 0.6 is 7.82 Å². The summed E-state index contributed by atoms with van der Waals surface area (Å²) in [7, 11) is -4.28. The average Bonchev–Trinajstić information content (AvgIpc) is 1.85. The summed E-state index contributed by atoms with van der Waals surface area (Å²) in [5, 5.41) is 6.46. The molecule has 0 radical (unpaired) electrons. The number of rotatable bonds is 3. The Hall–Kier alpha value is -0.660. The van der Waals surface area contributed by atoms with Crippen LogP contribution in [0, 0.1) is 5.41 Å². The lowest BCUT2D eigenvalue weighted by Crippen LogP contribution is -2.29. The lowest BCUT2D eigenvalue weighted by atomic mass is 11.1. The third-order valence-electron chi connectivity index (χ3n) is 0.404. The number of nitrogens with two attached hydrogens (primary N) is 2. The van der Waals surface area contributed by atoms with Gasteiger partial charge in [-0.3, -0.25) is 5.41 Å². The second-order valence-electron chi connectivity index (χ2n) is 1.18. The summed E-state index contributed by atoms with van der Waals surface area (Å²) in [6.07, 6.45) is 0. The second kappa shape index (κ2) is 3.49. The molecule has 0 rings (SSSR count). The molecule has 1 unspecified atom stereocenters. The highest BCUT2D eigenvalue weighted by molar-refractivity contribution is 7.47. The summed E-state index contributed by atoms with van der Waals surface area (Å²) >= 11 is 0. The highest BCUT2D eigenvalue weighted by atomic mass is 31.2. The molecule has 0 aliphatic carbocycles. The van der Waals surface area contributed by atoms with Gasteiger partial charge >= 0.3 is 7.82 Å². The van der Waals surface area contributed by atoms with E-state index < -0.39 is 13.8 Å². The summed E-state index contributed by atoms with van der Waals surface area (Å²) in [6.45, 7) is 0. The molecule has 7 N–H and O–H groups in total. The Morgan fingerprint density at radius 1 is 1.80 bits per heavy atom. The minimum atomic E-state index is -4.28. The van der Waals surface area contributed by atoms with E-state index in [1.54, 1.807) is 5.48 Å². The van der Waals surface area contributed by atoms with E-state index in [9.17, 15) is 4.57 Å². The van der Waals surface area contributed by atoms with Gasteiger partial charge in [0.05, 0.1) is 0 Å². The van der Waals surface area contributed by atoms with E-state index in [1.165, 1.54) is 0 Å². The molecule has 0 amide bonds. The van der Waals surface area contributed by atoms with Crippen molar-refractivity contribution in [3.63, 3.8) is 0 Å². The Kier molecular flexibility index (Phi) is 3.26. The van der Waals surface area contributed by atoms with Crippen molar-refractivity contribution in [3.8, 4) is 0 Å². The monoisotopic (exact) mass is 170 g/mol. The van der Waals surface area contributed by atoms with Crippen LogP contribution in [0.15, 0.2) is 0 Å². The van der Waals surface area contributed by atoms with Gasteiger partial charge in [-0.05, 0) is 0 Å². The number of guanidine groups is 1. The van der Waals surface area contributed by atoms with Crippen LogP contribution < -0.4 is 17.1 Å². The quantitative estimate of drug-likeness (QED) is 0.148. The highest BCUT2D eigenvalue weighted by Gasteiger charge is 2.19. The molecule has 0 aliphatic rings. The van der Waals surface area contributed by atoms with Crippen LogP contribution in [0.1, 0.15) is 0 Å². The first-order chi connectivity index (χ1) is 4.48. The van der Waals surface area contributed by atoms with E-state index >= 15 is 0 Å². The molecule has 0 aromatic heterocycles. The van der Waals surface area contributed by atoms with E-state index in [4.69, 9.17) is 10.3 Å². The van der Waals surface area contributed by atoms with E-state index in [1.807, 2.05) is 0 Å². The van der Waals surface area contributed by atoms with Crippen molar-refractivity contribution in [1.82, 2.24) is 5.48 Å². The highest BCUT2D eigenvalue weighted by Crippen LogP contribution is 2.38. The van der Waals surface area contributed by atoms with Crippen LogP contribution in [0.25, 0.3) is 0 Å². The maximum Gasteiger partial charge on any atom is 0.510 e. The summed E-state index contributed by atoms with van der Waals surface area (Å²) in [5.41, 5.74) is 6.25. The van der Waals surface area contributed by atoms with Gasteiger partial charge in [0.2, 0.25) is 5.96 Å². The molecule has 10 heavy (non-hydrogen) atoms. The molecule has 8 nitrogen and oxygen atoms in total. The number of hydrogen-bond acceptors (Lipinski definition) is 5. The van der Waals surface area contributed by atoms with Gasteiger partial charge in [0.1, 0.15) is 0 Å². The number of hydrogen-bond donors (Lipinski definition) is 5. The topological polar surface area (TPSA) is 144 Å². The Labute approximate surface area is 56.1 Å². The van der Waals surface area contributed by atoms with Gasteiger partial charge in [-0.1, -0.05) is 0 Å². The van der Waals surface area contributed by atoms with Crippen molar-refractivity contribution in [2.45, 2.75) is 0 Å². The fourth-order valence-corrected chi connectivity index (χ4v) is 0.385. The van der Waals surface area contributed by atoms with E-state index in [0.717, 1.165) is 0 Å². The molecule has 0 aliphatic heterocycles. The molecular weight excluding hydrogens is 163 g/mol. The molecule has 0 saturated carbocycles. The van der Waals surface area contributed by atoms with E-state index in [-0.39, 0.29) is 0 Å². The first kappa shape index (κ1) is 9.34. The summed E-state index contributed by atoms with van der Waals surface area (Å²) in [6, 6.07) is 0. The first-order valence-corrected chi connectivity index (χ1v) is 3.47. The average molecular weight is 170 g/mol. The zero-order valence-electron chi connectivity index (χ0n) is 4.77. The zero-order valence-corrected chi connectivity index (χ0v) is 5.67. The number of hydroxylamine groups is 1. The van der Waals surface area contributed by atoms with Gasteiger partial charge in [-0.25, -0.2) is 15.9 Å². The Balaban J connectivity index is 3.68. The van der Waals surface area contributed by atoms with Crippen molar-refractivity contribution in [3.05, 3.63) is 0 Å². The van der Waals surface area contributed by atoms with E-state index in [2.05, 4.69) is 20.9 Å². The van der Waals surface area contributed by atoms with E-state index in [0.29, 0.717) is 0 Å². The van der Waals surface area contributed by atoms with Gasteiger partial charge in [-0.15, -0.1) is 0 Å². The largest absolute Gasteiger partial charge is 0.510 e. The predicted molar refractivity (Wildman–Crippen MR) is 31.2 cm³/mol. The Morgan fingerprint density at radius 3 is 2.60 bits per heavy atom. The first-order valence-electron chi connectivity index (χ1n) is 1.98. The van der Waals surface area contributed by atoms with Crippen LogP contribution in [-0.2, 0) is 13.8 Å². The summed E-state index contributed by atoms with van der Waals surface area (Å²) in [5.74, 6) is 3.67. The fraction of sp³-hybridized carbons (Fsp3) is 0. The molecule has 0 aromatic rings. The van der Waals surface area contributed by atoms with Gasteiger partial charge in [0.25, 0.3) is 0 Å². The molecule has 0 fully saturated rings. The van der Waals surface area contributed by atoms with Crippen LogP contribution in [0.3, 0.4) is 0 Å². The SMILES string of the molecule is N=C(N)NOP(=O)(O)ON. The summed E-state index contributed by atoms with van der Waals surface area (Å²) in [4.78, 5) is 8.34. The van der Waals surface area contributed by atoms with Crippen molar-refractivity contribution in [2.24, 2.45) is 11.6 Å². The fourth-order valence-electron chi connectivity index (χ4n) is 0.128. The van der Waals surface area contributed by atoms with Crippen LogP contribution in [-0.4, -0.2) is 10.9 Å². The van der Waals surface area contributed by atoms with Crippen molar-refractivity contribution < 1.29 is 18.7 Å². The smallest absolute Gasteiger partial charge is 0.368 e. The molecular formula is CH7N4O4P. The van der Waals surface area contributed by atoms with Crippen LogP contribution in [0.2, 0.25) is 0 Å². The predicted octanol–water partition coefficient (Wildman–Crippen LogP) is -1.61. The third kappa shape index (κ3) is 4.24. The normalized spacial score (nSPS) is 15.8. The van der Waals surface area contributed by atoms with Crippen LogP contribution in [0.4, 0.5) is 0 Å². The molecule has 9 heteroatoms. The van der Waals surface area contributed by atoms with Gasteiger partial charge in [0, 0.05) is 0 Å². The second-order valence-corrected chi connectivity index (χ2v) is 2.51. The molecule has 0 saturated heterocycles. The minimum absolute atomic E-state index is 0.633. The van der Waals surface area contributed by atoms with Crippen LogP contribution in [0.5, 0.6) is 0 Å². The minimum Gasteiger partial charge on any atom is -0.368 e. The standard InChI is InChI=1S/CH7N4O4P/c2-1(3)5-9-10(6,7)8-4/h4H2,(H,6,7)(H4,2,3,5).